The summed E-state index contributed by atoms with van der Waals surface area (Å²) >= 11 is 0. The lowest BCUT2D eigenvalue weighted by Crippen LogP contribution is -2.46. The Hall–Kier alpha value is -1.43. The first-order valence-electron chi connectivity index (χ1n) is 8.29. The van der Waals surface area contributed by atoms with Crippen LogP contribution in [-0.2, 0) is 19.1 Å². The molecule has 2 aliphatic heterocycles. The minimum atomic E-state index is -4.44. The van der Waals surface area contributed by atoms with Crippen molar-refractivity contribution < 1.29 is 32.2 Å². The molecule has 8 nitrogen and oxygen atoms in total. The number of hydrogen-bond donors (Lipinski definition) is 3. The van der Waals surface area contributed by atoms with E-state index < -0.39 is 24.1 Å². The van der Waals surface area contributed by atoms with Gasteiger partial charge in [0.15, 0.2) is 0 Å². The highest BCUT2D eigenvalue weighted by molar-refractivity contribution is 5.74. The SMILES string of the molecule is CC.COC(=O)C1CN(C)NC1C(F)(F)F.COC(=O)C1CNNC1C. The van der Waals surface area contributed by atoms with Gasteiger partial charge in [0, 0.05) is 26.2 Å². The molecule has 0 saturated carbocycles. The van der Waals surface area contributed by atoms with Crippen LogP contribution in [0.1, 0.15) is 20.8 Å². The molecule has 4 unspecified atom stereocenters. The largest absolute Gasteiger partial charge is 0.469 e. The van der Waals surface area contributed by atoms with E-state index in [0.717, 1.165) is 7.11 Å². The van der Waals surface area contributed by atoms with Gasteiger partial charge in [-0.05, 0) is 6.92 Å². The second kappa shape index (κ2) is 11.3. The second-order valence-electron chi connectivity index (χ2n) is 5.60. The number of esters is 2. The predicted octanol–water partition coefficient (Wildman–Crippen LogP) is 0.455. The number of alkyl halides is 3. The molecule has 0 aromatic heterocycles. The van der Waals surface area contributed by atoms with Gasteiger partial charge in [0.2, 0.25) is 0 Å². The smallest absolute Gasteiger partial charge is 0.406 e. The molecular weight excluding hydrogens is 357 g/mol. The van der Waals surface area contributed by atoms with Gasteiger partial charge in [-0.15, -0.1) is 0 Å². The monoisotopic (exact) mass is 386 g/mol. The maximum Gasteiger partial charge on any atom is 0.406 e. The summed E-state index contributed by atoms with van der Waals surface area (Å²) in [5, 5.41) is 1.24. The van der Waals surface area contributed by atoms with Gasteiger partial charge < -0.3 is 9.47 Å². The van der Waals surface area contributed by atoms with Crippen LogP contribution >= 0.6 is 0 Å². The molecule has 11 heteroatoms. The zero-order valence-corrected chi connectivity index (χ0v) is 15.9. The van der Waals surface area contributed by atoms with E-state index in [0.29, 0.717) is 6.54 Å². The van der Waals surface area contributed by atoms with Gasteiger partial charge in [-0.1, -0.05) is 13.8 Å². The van der Waals surface area contributed by atoms with E-state index in [1.165, 1.54) is 19.2 Å². The number of methoxy groups -OCH3 is 2. The second-order valence-corrected chi connectivity index (χ2v) is 5.60. The van der Waals surface area contributed by atoms with E-state index in [9.17, 15) is 22.8 Å². The van der Waals surface area contributed by atoms with E-state index in [1.54, 1.807) is 0 Å². The Labute approximate surface area is 151 Å². The van der Waals surface area contributed by atoms with E-state index in [2.05, 4.69) is 25.8 Å². The zero-order valence-electron chi connectivity index (χ0n) is 15.9. The molecule has 0 radical (unpaired) electrons. The Kier molecular flexibility index (Phi) is 10.7. The molecule has 0 aromatic carbocycles. The van der Waals surface area contributed by atoms with Crippen molar-refractivity contribution in [2.45, 2.75) is 39.0 Å². The van der Waals surface area contributed by atoms with Crippen LogP contribution in [0, 0.1) is 11.8 Å². The molecule has 0 amide bonds. The van der Waals surface area contributed by atoms with Gasteiger partial charge in [0.25, 0.3) is 0 Å². The lowest BCUT2D eigenvalue weighted by molar-refractivity contribution is -0.175. The maximum absolute atomic E-state index is 12.4. The normalized spacial score (nSPS) is 28.3. The molecule has 2 aliphatic rings. The fourth-order valence-corrected chi connectivity index (χ4v) is 2.49. The van der Waals surface area contributed by atoms with Crippen molar-refractivity contribution >= 4 is 11.9 Å². The molecule has 2 heterocycles. The Balaban J connectivity index is 0.000000458. The summed E-state index contributed by atoms with van der Waals surface area (Å²) in [6.45, 7) is 6.60. The molecule has 2 fully saturated rings. The quantitative estimate of drug-likeness (QED) is 0.590. The molecule has 0 aromatic rings. The third-order valence-electron chi connectivity index (χ3n) is 3.85. The molecule has 0 spiro atoms. The molecule has 154 valence electrons. The number of ether oxygens (including phenoxy) is 2. The van der Waals surface area contributed by atoms with Crippen molar-refractivity contribution in [1.82, 2.24) is 21.3 Å². The van der Waals surface area contributed by atoms with Crippen LogP contribution in [0.15, 0.2) is 0 Å². The minimum Gasteiger partial charge on any atom is -0.469 e. The zero-order chi connectivity index (χ0) is 20.5. The van der Waals surface area contributed by atoms with Crippen molar-refractivity contribution in [2.24, 2.45) is 11.8 Å². The summed E-state index contributed by atoms with van der Waals surface area (Å²) in [6.07, 6.45) is -4.44. The third-order valence-corrected chi connectivity index (χ3v) is 3.85. The first kappa shape index (κ1) is 24.6. The van der Waals surface area contributed by atoms with Crippen LogP contribution in [0.5, 0.6) is 0 Å². The van der Waals surface area contributed by atoms with Crippen LogP contribution in [0.3, 0.4) is 0 Å². The fourth-order valence-electron chi connectivity index (χ4n) is 2.49. The van der Waals surface area contributed by atoms with Crippen LogP contribution in [0.25, 0.3) is 0 Å². The Bertz CT molecular complexity index is 451. The van der Waals surface area contributed by atoms with Crippen molar-refractivity contribution in [1.29, 1.82) is 0 Å². The number of carbonyl (C=O) groups is 2. The van der Waals surface area contributed by atoms with Crippen molar-refractivity contribution in [3.8, 4) is 0 Å². The Morgan fingerprint density at radius 1 is 1.08 bits per heavy atom. The molecule has 2 rings (SSSR count). The number of halogens is 3. The number of carbonyl (C=O) groups excluding carboxylic acids is 2. The Morgan fingerprint density at radius 2 is 1.58 bits per heavy atom. The summed E-state index contributed by atoms with van der Waals surface area (Å²) in [6, 6.07) is -1.67. The topological polar surface area (TPSA) is 91.9 Å². The van der Waals surface area contributed by atoms with Gasteiger partial charge in [-0.25, -0.2) is 10.4 Å². The first-order valence-corrected chi connectivity index (χ1v) is 8.29. The van der Waals surface area contributed by atoms with Crippen LogP contribution in [-0.4, -0.2) is 69.6 Å². The van der Waals surface area contributed by atoms with Crippen LogP contribution < -0.4 is 16.3 Å². The summed E-state index contributed by atoms with van der Waals surface area (Å²) in [5.74, 6) is -2.22. The molecule has 0 bridgehead atoms. The van der Waals surface area contributed by atoms with E-state index in [4.69, 9.17) is 0 Å². The molecule has 0 aliphatic carbocycles. The van der Waals surface area contributed by atoms with Gasteiger partial charge in [0.05, 0.1) is 26.1 Å². The summed E-state index contributed by atoms with van der Waals surface area (Å²) in [4.78, 5) is 22.0. The molecule has 26 heavy (non-hydrogen) atoms. The first-order chi connectivity index (χ1) is 12.1. The number of nitrogens with one attached hydrogen (secondary N) is 3. The van der Waals surface area contributed by atoms with Gasteiger partial charge in [-0.2, -0.15) is 13.2 Å². The molecular formula is C15H29F3N4O4. The van der Waals surface area contributed by atoms with E-state index >= 15 is 0 Å². The average Bonchev–Trinajstić information content (AvgIpc) is 3.21. The van der Waals surface area contributed by atoms with Gasteiger partial charge >= 0.3 is 18.1 Å². The standard InChI is InChI=1S/C7H11F3N2O2.C6H12N2O2.C2H6/c1-12-3-4(6(13)14-2)5(11-12)7(8,9)10;1-4-5(3-7-8-4)6(9)10-2;1-2/h4-5,11H,3H2,1-2H3;4-5,7-8H,3H2,1-2H3;1-2H3. The van der Waals surface area contributed by atoms with E-state index in [1.807, 2.05) is 20.8 Å². The van der Waals surface area contributed by atoms with Gasteiger partial charge in [0.1, 0.15) is 6.04 Å². The number of hydrazine groups is 2. The number of nitrogens with zero attached hydrogens (tertiary/aromatic N) is 1. The van der Waals surface area contributed by atoms with E-state index in [-0.39, 0.29) is 24.5 Å². The highest BCUT2D eigenvalue weighted by Crippen LogP contribution is 2.30. The summed E-state index contributed by atoms with van der Waals surface area (Å²) in [7, 11) is 3.93. The molecule has 4 atom stereocenters. The summed E-state index contributed by atoms with van der Waals surface area (Å²) in [5.41, 5.74) is 7.99. The molecule has 2 saturated heterocycles. The third kappa shape index (κ3) is 7.06. The number of rotatable bonds is 2. The van der Waals surface area contributed by atoms with Crippen molar-refractivity contribution in [2.75, 3.05) is 34.4 Å². The lowest BCUT2D eigenvalue weighted by Gasteiger charge is -2.19. The highest BCUT2D eigenvalue weighted by Gasteiger charge is 2.52. The molecule has 3 N–H and O–H groups in total. The highest BCUT2D eigenvalue weighted by atomic mass is 19.4. The fraction of sp³-hybridized carbons (Fsp3) is 0.867. The summed E-state index contributed by atoms with van der Waals surface area (Å²) < 4.78 is 46.0. The lowest BCUT2D eigenvalue weighted by atomic mass is 10.0. The minimum absolute atomic E-state index is 0.00313. The van der Waals surface area contributed by atoms with Crippen molar-refractivity contribution in [3.05, 3.63) is 0 Å². The average molecular weight is 386 g/mol. The number of hydrogen-bond acceptors (Lipinski definition) is 8. The van der Waals surface area contributed by atoms with Crippen molar-refractivity contribution in [3.63, 3.8) is 0 Å². The maximum atomic E-state index is 12.4. The predicted molar refractivity (Wildman–Crippen MR) is 88.6 cm³/mol. The van der Waals surface area contributed by atoms with Crippen LogP contribution in [0.2, 0.25) is 0 Å². The van der Waals surface area contributed by atoms with Gasteiger partial charge in [-0.3, -0.25) is 20.4 Å². The van der Waals surface area contributed by atoms with Crippen LogP contribution in [0.4, 0.5) is 13.2 Å². The Morgan fingerprint density at radius 3 is 1.96 bits per heavy atom.